The summed E-state index contributed by atoms with van der Waals surface area (Å²) in [5, 5.41) is 0. The average Bonchev–Trinajstić information content (AvgIpc) is 3.03. The molecule has 1 saturated heterocycles. The zero-order chi connectivity index (χ0) is 17.8. The highest BCUT2D eigenvalue weighted by Gasteiger charge is 2.21. The Balaban J connectivity index is 1.54. The standard InChI is InChI=1S/C20H25FN2OS/c1-15(2)12-20(24)23-10-8-22(9-11-23)14-18-6-7-19(25-18)16-4-3-5-17(21)13-16/h3-7,13,15H,8-12,14H2,1-2H3. The molecular weight excluding hydrogens is 335 g/mol. The van der Waals surface area contributed by atoms with Crippen LogP contribution >= 0.6 is 11.3 Å². The third kappa shape index (κ3) is 4.89. The van der Waals surface area contributed by atoms with Gasteiger partial charge in [-0.25, -0.2) is 4.39 Å². The number of hydrogen-bond acceptors (Lipinski definition) is 3. The van der Waals surface area contributed by atoms with Gasteiger partial charge in [-0.05, 0) is 35.7 Å². The highest BCUT2D eigenvalue weighted by molar-refractivity contribution is 7.15. The molecule has 0 aliphatic carbocycles. The van der Waals surface area contributed by atoms with Crippen molar-refractivity contribution >= 4 is 17.2 Å². The van der Waals surface area contributed by atoms with E-state index in [0.717, 1.165) is 43.2 Å². The van der Waals surface area contributed by atoms with Gasteiger partial charge in [0.2, 0.25) is 5.91 Å². The fourth-order valence-electron chi connectivity index (χ4n) is 3.11. The second-order valence-corrected chi connectivity index (χ2v) is 8.20. The molecule has 1 aromatic carbocycles. The predicted molar refractivity (Wildman–Crippen MR) is 101 cm³/mol. The van der Waals surface area contributed by atoms with Gasteiger partial charge in [0.05, 0.1) is 0 Å². The van der Waals surface area contributed by atoms with Crippen LogP contribution in [-0.4, -0.2) is 41.9 Å². The van der Waals surface area contributed by atoms with E-state index >= 15 is 0 Å². The topological polar surface area (TPSA) is 23.6 Å². The van der Waals surface area contributed by atoms with Gasteiger partial charge < -0.3 is 4.90 Å². The molecule has 2 heterocycles. The van der Waals surface area contributed by atoms with Crippen molar-refractivity contribution in [2.75, 3.05) is 26.2 Å². The molecule has 0 spiro atoms. The van der Waals surface area contributed by atoms with Crippen molar-refractivity contribution in [3.63, 3.8) is 0 Å². The van der Waals surface area contributed by atoms with E-state index in [9.17, 15) is 9.18 Å². The Morgan fingerprint density at radius 2 is 1.92 bits per heavy atom. The summed E-state index contributed by atoms with van der Waals surface area (Å²) < 4.78 is 13.4. The third-order valence-corrected chi connectivity index (χ3v) is 5.58. The molecule has 0 radical (unpaired) electrons. The Kier molecular flexibility index (Phi) is 5.86. The second-order valence-electron chi connectivity index (χ2n) is 7.03. The van der Waals surface area contributed by atoms with Crippen LogP contribution in [0.1, 0.15) is 25.1 Å². The number of carbonyl (C=O) groups is 1. The average molecular weight is 360 g/mol. The van der Waals surface area contributed by atoms with Gasteiger partial charge in [-0.2, -0.15) is 0 Å². The molecule has 0 bridgehead atoms. The summed E-state index contributed by atoms with van der Waals surface area (Å²) in [5.41, 5.74) is 0.931. The first-order valence-electron chi connectivity index (χ1n) is 8.86. The molecular formula is C20H25FN2OS. The minimum atomic E-state index is -0.199. The zero-order valence-electron chi connectivity index (χ0n) is 14.9. The molecule has 5 heteroatoms. The first-order chi connectivity index (χ1) is 12.0. The van der Waals surface area contributed by atoms with Gasteiger partial charge in [0.15, 0.2) is 0 Å². The van der Waals surface area contributed by atoms with E-state index in [4.69, 9.17) is 0 Å². The van der Waals surface area contributed by atoms with E-state index in [1.807, 2.05) is 11.0 Å². The fourth-order valence-corrected chi connectivity index (χ4v) is 4.16. The summed E-state index contributed by atoms with van der Waals surface area (Å²) >= 11 is 1.71. The van der Waals surface area contributed by atoms with Crippen molar-refractivity contribution in [3.8, 4) is 10.4 Å². The SMILES string of the molecule is CC(C)CC(=O)N1CCN(Cc2ccc(-c3cccc(F)c3)s2)CC1. The van der Waals surface area contributed by atoms with Crippen molar-refractivity contribution in [1.29, 1.82) is 0 Å². The number of benzene rings is 1. The van der Waals surface area contributed by atoms with Gasteiger partial charge in [-0.15, -0.1) is 11.3 Å². The third-order valence-electron chi connectivity index (χ3n) is 4.46. The lowest BCUT2D eigenvalue weighted by Gasteiger charge is -2.34. The molecule has 134 valence electrons. The largest absolute Gasteiger partial charge is 0.340 e. The van der Waals surface area contributed by atoms with Crippen molar-refractivity contribution in [2.24, 2.45) is 5.92 Å². The van der Waals surface area contributed by atoms with Crippen LogP contribution in [0.5, 0.6) is 0 Å². The number of rotatable bonds is 5. The van der Waals surface area contributed by atoms with Gasteiger partial charge >= 0.3 is 0 Å². The van der Waals surface area contributed by atoms with Gasteiger partial charge in [-0.3, -0.25) is 9.69 Å². The van der Waals surface area contributed by atoms with Crippen LogP contribution in [0.25, 0.3) is 10.4 Å². The molecule has 3 rings (SSSR count). The molecule has 0 N–H and O–H groups in total. The zero-order valence-corrected chi connectivity index (χ0v) is 15.7. The maximum atomic E-state index is 13.4. The summed E-state index contributed by atoms with van der Waals surface area (Å²) in [7, 11) is 0. The lowest BCUT2D eigenvalue weighted by atomic mass is 10.1. The normalized spacial score (nSPS) is 15.8. The maximum absolute atomic E-state index is 13.4. The van der Waals surface area contributed by atoms with Gasteiger partial charge in [0.25, 0.3) is 0 Å². The van der Waals surface area contributed by atoms with Crippen LogP contribution in [0.2, 0.25) is 0 Å². The molecule has 2 aromatic rings. The second kappa shape index (κ2) is 8.11. The van der Waals surface area contributed by atoms with Crippen LogP contribution in [0.3, 0.4) is 0 Å². The van der Waals surface area contributed by atoms with Crippen molar-refractivity contribution in [3.05, 3.63) is 47.1 Å². The van der Waals surface area contributed by atoms with Crippen LogP contribution in [0.15, 0.2) is 36.4 Å². The Morgan fingerprint density at radius 3 is 2.60 bits per heavy atom. The van der Waals surface area contributed by atoms with Crippen LogP contribution in [0.4, 0.5) is 4.39 Å². The first kappa shape index (κ1) is 18.1. The van der Waals surface area contributed by atoms with E-state index in [1.54, 1.807) is 23.5 Å². The van der Waals surface area contributed by atoms with Gasteiger partial charge in [0, 0.05) is 48.9 Å². The van der Waals surface area contributed by atoms with E-state index < -0.39 is 0 Å². The minimum Gasteiger partial charge on any atom is -0.340 e. The molecule has 0 saturated carbocycles. The summed E-state index contributed by atoms with van der Waals surface area (Å²) in [6.45, 7) is 8.52. The van der Waals surface area contributed by atoms with Crippen LogP contribution < -0.4 is 0 Å². The highest BCUT2D eigenvalue weighted by atomic mass is 32.1. The monoisotopic (exact) mass is 360 g/mol. The van der Waals surface area contributed by atoms with Gasteiger partial charge in [0.1, 0.15) is 5.82 Å². The number of halogens is 1. The highest BCUT2D eigenvalue weighted by Crippen LogP contribution is 2.29. The lowest BCUT2D eigenvalue weighted by molar-refractivity contribution is -0.133. The minimum absolute atomic E-state index is 0.199. The molecule has 1 aliphatic heterocycles. The number of hydrogen-bond donors (Lipinski definition) is 0. The molecule has 1 fully saturated rings. The lowest BCUT2D eigenvalue weighted by Crippen LogP contribution is -2.48. The van der Waals surface area contributed by atoms with Crippen molar-refractivity contribution < 1.29 is 9.18 Å². The molecule has 0 unspecified atom stereocenters. The van der Waals surface area contributed by atoms with E-state index in [0.29, 0.717) is 12.3 Å². The van der Waals surface area contributed by atoms with Crippen LogP contribution in [-0.2, 0) is 11.3 Å². The van der Waals surface area contributed by atoms with Gasteiger partial charge in [-0.1, -0.05) is 26.0 Å². The Morgan fingerprint density at radius 1 is 1.16 bits per heavy atom. The van der Waals surface area contributed by atoms with Crippen molar-refractivity contribution in [1.82, 2.24) is 9.80 Å². The van der Waals surface area contributed by atoms with E-state index in [1.165, 1.54) is 10.9 Å². The smallest absolute Gasteiger partial charge is 0.222 e. The molecule has 1 aliphatic rings. The summed E-state index contributed by atoms with van der Waals surface area (Å²) in [6, 6.07) is 10.9. The number of piperazine rings is 1. The van der Waals surface area contributed by atoms with Crippen LogP contribution in [0, 0.1) is 11.7 Å². The predicted octanol–water partition coefficient (Wildman–Crippen LogP) is 4.24. The number of carbonyl (C=O) groups excluding carboxylic acids is 1. The Labute approximate surface area is 153 Å². The summed E-state index contributed by atoms with van der Waals surface area (Å²) in [5.74, 6) is 0.492. The molecule has 25 heavy (non-hydrogen) atoms. The molecule has 1 amide bonds. The fraction of sp³-hybridized carbons (Fsp3) is 0.450. The van der Waals surface area contributed by atoms with E-state index in [2.05, 4.69) is 30.9 Å². The number of amides is 1. The summed E-state index contributed by atoms with van der Waals surface area (Å²) in [6.07, 6.45) is 0.641. The Hall–Kier alpha value is -1.72. The first-order valence-corrected chi connectivity index (χ1v) is 9.67. The number of thiophene rings is 1. The van der Waals surface area contributed by atoms with Crippen molar-refractivity contribution in [2.45, 2.75) is 26.8 Å². The Bertz CT molecular complexity index is 720. The quantitative estimate of drug-likeness (QED) is 0.796. The molecule has 3 nitrogen and oxygen atoms in total. The maximum Gasteiger partial charge on any atom is 0.222 e. The molecule has 0 atom stereocenters. The molecule has 1 aromatic heterocycles. The van der Waals surface area contributed by atoms with E-state index in [-0.39, 0.29) is 11.7 Å². The number of nitrogens with zero attached hydrogens (tertiary/aromatic N) is 2. The summed E-state index contributed by atoms with van der Waals surface area (Å²) in [4.78, 5) is 18.9.